The Bertz CT molecular complexity index is 1860. The van der Waals surface area contributed by atoms with Gasteiger partial charge in [0, 0.05) is 43.8 Å². The van der Waals surface area contributed by atoms with Crippen molar-refractivity contribution < 1.29 is 9.13 Å². The number of nitrogens with zero attached hydrogens (tertiary/aromatic N) is 1. The molecule has 0 radical (unpaired) electrons. The van der Waals surface area contributed by atoms with E-state index < -0.39 is 14.3 Å². The zero-order valence-electron chi connectivity index (χ0n) is 21.5. The van der Waals surface area contributed by atoms with Gasteiger partial charge >= 0.3 is 0 Å². The minimum absolute atomic E-state index is 0.545. The summed E-state index contributed by atoms with van der Waals surface area (Å²) in [5.41, 5.74) is 3.12. The Kier molecular flexibility index (Phi) is 6.23. The second-order valence-corrected chi connectivity index (χ2v) is 15.8. The number of benzene rings is 5. The molecule has 6 rings (SSSR count). The van der Waals surface area contributed by atoms with Crippen LogP contribution in [0.3, 0.4) is 0 Å². The zero-order valence-corrected chi connectivity index (χ0v) is 23.3. The van der Waals surface area contributed by atoms with Crippen LogP contribution < -0.4 is 21.2 Å². The standard InChI is InChI=1S/C33H29NO2P2/c1-3-38(36,27-17-11-6-12-18-27)29-20-22-33-31(24-29)30-23-28(37(2,35)26-15-9-5-10-16-26)19-21-32(30)34(33)25-13-7-4-8-14-25/h4-24H,3H2,1-2H3. The van der Waals surface area contributed by atoms with E-state index in [-0.39, 0.29) is 0 Å². The van der Waals surface area contributed by atoms with E-state index in [1.165, 1.54) is 0 Å². The Balaban J connectivity index is 1.64. The van der Waals surface area contributed by atoms with Gasteiger partial charge in [0.05, 0.1) is 11.0 Å². The van der Waals surface area contributed by atoms with Gasteiger partial charge in [0.1, 0.15) is 14.3 Å². The predicted molar refractivity (Wildman–Crippen MR) is 164 cm³/mol. The highest BCUT2D eigenvalue weighted by Gasteiger charge is 2.27. The van der Waals surface area contributed by atoms with Gasteiger partial charge in [-0.3, -0.25) is 0 Å². The first kappa shape index (κ1) is 24.7. The van der Waals surface area contributed by atoms with Crippen molar-refractivity contribution in [3.05, 3.63) is 127 Å². The summed E-state index contributed by atoms with van der Waals surface area (Å²) < 4.78 is 30.7. The van der Waals surface area contributed by atoms with Crippen molar-refractivity contribution in [2.75, 3.05) is 12.8 Å². The molecule has 188 valence electrons. The number of hydrogen-bond donors (Lipinski definition) is 0. The molecule has 0 saturated heterocycles. The van der Waals surface area contributed by atoms with Crippen molar-refractivity contribution >= 4 is 57.3 Å². The van der Waals surface area contributed by atoms with E-state index in [1.54, 1.807) is 0 Å². The smallest absolute Gasteiger partial charge is 0.143 e. The highest BCUT2D eigenvalue weighted by atomic mass is 31.2. The second kappa shape index (κ2) is 9.59. The van der Waals surface area contributed by atoms with Crippen LogP contribution in [0.15, 0.2) is 127 Å². The summed E-state index contributed by atoms with van der Waals surface area (Å²) in [6.07, 6.45) is 0.545. The molecule has 2 unspecified atom stereocenters. The molecule has 0 saturated carbocycles. The molecule has 0 aliphatic carbocycles. The second-order valence-electron chi connectivity index (χ2n) is 9.73. The van der Waals surface area contributed by atoms with Gasteiger partial charge in [0.2, 0.25) is 0 Å². The minimum atomic E-state index is -2.81. The fourth-order valence-electron chi connectivity index (χ4n) is 5.39. The Morgan fingerprint density at radius 3 is 1.58 bits per heavy atom. The van der Waals surface area contributed by atoms with Crippen molar-refractivity contribution in [3.8, 4) is 5.69 Å². The average molecular weight is 534 g/mol. The van der Waals surface area contributed by atoms with Crippen molar-refractivity contribution in [2.24, 2.45) is 0 Å². The third-order valence-corrected chi connectivity index (χ3v) is 13.2. The Morgan fingerprint density at radius 1 is 0.553 bits per heavy atom. The normalized spacial score (nSPS) is 14.8. The van der Waals surface area contributed by atoms with Gasteiger partial charge in [-0.05, 0) is 55.2 Å². The van der Waals surface area contributed by atoms with Crippen LogP contribution in [0.2, 0.25) is 0 Å². The molecule has 2 atom stereocenters. The van der Waals surface area contributed by atoms with Crippen LogP contribution in [0.1, 0.15) is 6.92 Å². The third kappa shape index (κ3) is 3.99. The molecule has 3 nitrogen and oxygen atoms in total. The average Bonchev–Trinajstić information content (AvgIpc) is 3.31. The first-order valence-corrected chi connectivity index (χ1v) is 16.9. The van der Waals surface area contributed by atoms with Gasteiger partial charge < -0.3 is 13.7 Å². The van der Waals surface area contributed by atoms with Crippen LogP contribution in [0, 0.1) is 0 Å². The number of rotatable bonds is 6. The molecule has 5 heteroatoms. The molecule has 0 amide bonds. The lowest BCUT2D eigenvalue weighted by Gasteiger charge is -2.18. The molecule has 1 aromatic heterocycles. The molecule has 38 heavy (non-hydrogen) atoms. The van der Waals surface area contributed by atoms with Crippen molar-refractivity contribution in [2.45, 2.75) is 6.92 Å². The molecule has 5 aromatic carbocycles. The minimum Gasteiger partial charge on any atom is -0.314 e. The van der Waals surface area contributed by atoms with E-state index in [1.807, 2.05) is 105 Å². The Hall–Kier alpha value is -3.64. The molecule has 0 spiro atoms. The van der Waals surface area contributed by atoms with Gasteiger partial charge in [0.15, 0.2) is 0 Å². The SMILES string of the molecule is CCP(=O)(c1ccccc1)c1ccc2c(c1)c1cc(P(C)(=O)c3ccccc3)ccc1n2-c1ccccc1. The maximum absolute atomic E-state index is 14.4. The van der Waals surface area contributed by atoms with Gasteiger partial charge in [0.25, 0.3) is 0 Å². The molecule has 0 N–H and O–H groups in total. The van der Waals surface area contributed by atoms with Crippen molar-refractivity contribution in [1.29, 1.82) is 0 Å². The number of aromatic nitrogens is 1. The van der Waals surface area contributed by atoms with Crippen LogP contribution >= 0.6 is 14.3 Å². The van der Waals surface area contributed by atoms with E-state index in [0.29, 0.717) is 6.16 Å². The maximum Gasteiger partial charge on any atom is 0.143 e. The van der Waals surface area contributed by atoms with Gasteiger partial charge in [-0.15, -0.1) is 0 Å². The molecule has 0 aliphatic rings. The monoisotopic (exact) mass is 533 g/mol. The van der Waals surface area contributed by atoms with Gasteiger partial charge in [-0.2, -0.15) is 0 Å². The summed E-state index contributed by atoms with van der Waals surface area (Å²) in [5.74, 6) is 0. The first-order chi connectivity index (χ1) is 18.4. The molecule has 0 bridgehead atoms. The largest absolute Gasteiger partial charge is 0.314 e. The fraction of sp³-hybridized carbons (Fsp3) is 0.0909. The van der Waals surface area contributed by atoms with Gasteiger partial charge in [-0.25, -0.2) is 0 Å². The first-order valence-electron chi connectivity index (χ1n) is 12.9. The van der Waals surface area contributed by atoms with E-state index in [9.17, 15) is 9.13 Å². The topological polar surface area (TPSA) is 39.1 Å². The van der Waals surface area contributed by atoms with E-state index >= 15 is 0 Å². The highest BCUT2D eigenvalue weighted by molar-refractivity contribution is 7.78. The van der Waals surface area contributed by atoms with Crippen LogP contribution in [0.5, 0.6) is 0 Å². The molecular formula is C33H29NO2P2. The zero-order chi connectivity index (χ0) is 26.3. The molecular weight excluding hydrogens is 504 g/mol. The number of para-hydroxylation sites is 1. The number of fused-ring (bicyclic) bond motifs is 3. The summed E-state index contributed by atoms with van der Waals surface area (Å²) in [5, 5.41) is 5.40. The van der Waals surface area contributed by atoms with Crippen LogP contribution in [0.25, 0.3) is 27.5 Å². The molecule has 1 heterocycles. The molecule has 6 aromatic rings. The van der Waals surface area contributed by atoms with E-state index in [4.69, 9.17) is 0 Å². The van der Waals surface area contributed by atoms with Gasteiger partial charge in [-0.1, -0.05) is 85.8 Å². The summed E-state index contributed by atoms with van der Waals surface area (Å²) >= 11 is 0. The lowest BCUT2D eigenvalue weighted by molar-refractivity contribution is 0.587. The Morgan fingerprint density at radius 2 is 1.03 bits per heavy atom. The van der Waals surface area contributed by atoms with Crippen molar-refractivity contribution in [1.82, 2.24) is 4.57 Å². The Labute approximate surface area is 223 Å². The van der Waals surface area contributed by atoms with Crippen LogP contribution in [0.4, 0.5) is 0 Å². The summed E-state index contributed by atoms with van der Waals surface area (Å²) in [7, 11) is -5.61. The fourth-order valence-corrected chi connectivity index (χ4v) is 9.50. The van der Waals surface area contributed by atoms with Crippen LogP contribution in [-0.4, -0.2) is 17.4 Å². The van der Waals surface area contributed by atoms with E-state index in [2.05, 4.69) is 41.0 Å². The number of hydrogen-bond acceptors (Lipinski definition) is 2. The predicted octanol–water partition coefficient (Wildman–Crippen LogP) is 7.06. The lowest BCUT2D eigenvalue weighted by atomic mass is 10.1. The maximum atomic E-state index is 14.4. The highest BCUT2D eigenvalue weighted by Crippen LogP contribution is 2.45. The lowest BCUT2D eigenvalue weighted by Crippen LogP contribution is -2.17. The third-order valence-electron chi connectivity index (χ3n) is 7.52. The summed E-state index contributed by atoms with van der Waals surface area (Å²) in [6.45, 7) is 3.84. The molecule has 0 fully saturated rings. The quantitative estimate of drug-likeness (QED) is 0.215. The molecule has 0 aliphatic heterocycles. The van der Waals surface area contributed by atoms with Crippen molar-refractivity contribution in [3.63, 3.8) is 0 Å². The van der Waals surface area contributed by atoms with Crippen LogP contribution in [-0.2, 0) is 9.13 Å². The summed E-state index contributed by atoms with van der Waals surface area (Å²) in [6, 6.07) is 42.1. The van der Waals surface area contributed by atoms with E-state index in [0.717, 1.165) is 48.7 Å². The summed E-state index contributed by atoms with van der Waals surface area (Å²) in [4.78, 5) is 0.